The molecule has 0 atom stereocenters. The van der Waals surface area contributed by atoms with Crippen LogP contribution in [0, 0.1) is 11.6 Å². The van der Waals surface area contributed by atoms with Crippen molar-refractivity contribution >= 4 is 33.0 Å². The Hall–Kier alpha value is -3.32. The molecule has 7 nitrogen and oxygen atoms in total. The predicted octanol–water partition coefficient (Wildman–Crippen LogP) is 4.88. The Labute approximate surface area is 188 Å². The molecule has 14 heteroatoms. The van der Waals surface area contributed by atoms with E-state index in [0.29, 0.717) is 6.07 Å². The maximum Gasteiger partial charge on any atom is 0.435 e. The third-order valence-corrected chi connectivity index (χ3v) is 5.42. The lowest BCUT2D eigenvalue weighted by Crippen LogP contribution is -2.18. The number of ether oxygens (including phenoxy) is 1. The minimum atomic E-state index is -4.99. The number of anilines is 1. The summed E-state index contributed by atoms with van der Waals surface area (Å²) in [4.78, 5) is 12.4. The van der Waals surface area contributed by atoms with Crippen LogP contribution in [-0.4, -0.2) is 30.8 Å². The van der Waals surface area contributed by atoms with Crippen LogP contribution in [0.25, 0.3) is 0 Å². The van der Waals surface area contributed by atoms with Crippen LogP contribution in [0.1, 0.15) is 16.1 Å². The molecule has 0 saturated heterocycles. The van der Waals surface area contributed by atoms with Crippen LogP contribution in [-0.2, 0) is 16.0 Å². The fourth-order valence-corrected chi connectivity index (χ4v) is 3.29. The summed E-state index contributed by atoms with van der Waals surface area (Å²) in [5.74, 6) is -4.13. The summed E-state index contributed by atoms with van der Waals surface area (Å²) in [5.41, 5.74) is -3.02. The van der Waals surface area contributed by atoms with E-state index in [4.69, 9.17) is 16.3 Å². The summed E-state index contributed by atoms with van der Waals surface area (Å²) < 4.78 is 95.3. The van der Waals surface area contributed by atoms with Gasteiger partial charge < -0.3 is 10.1 Å². The zero-order valence-electron chi connectivity index (χ0n) is 16.2. The molecule has 0 fully saturated rings. The average Bonchev–Trinajstić information content (AvgIpc) is 2.70. The van der Waals surface area contributed by atoms with Crippen molar-refractivity contribution in [3.63, 3.8) is 0 Å². The lowest BCUT2D eigenvalue weighted by atomic mass is 10.2. The van der Waals surface area contributed by atoms with Crippen molar-refractivity contribution in [2.45, 2.75) is 11.1 Å². The number of halogens is 6. The van der Waals surface area contributed by atoms with Crippen molar-refractivity contribution in [2.75, 3.05) is 11.6 Å². The molecule has 174 valence electrons. The molecule has 1 heterocycles. The van der Waals surface area contributed by atoms with Crippen molar-refractivity contribution in [3.05, 3.63) is 70.4 Å². The van der Waals surface area contributed by atoms with E-state index < -0.39 is 56.4 Å². The largest absolute Gasteiger partial charge is 0.435 e. The van der Waals surface area contributed by atoms with Crippen molar-refractivity contribution in [1.29, 1.82) is 0 Å². The van der Waals surface area contributed by atoms with E-state index in [1.54, 1.807) is 0 Å². The minimum absolute atomic E-state index is 0.258. The second-order valence-corrected chi connectivity index (χ2v) is 8.91. The molecule has 2 aromatic carbocycles. The van der Waals surface area contributed by atoms with Crippen LogP contribution < -0.4 is 10.1 Å². The average molecular weight is 508 g/mol. The van der Waals surface area contributed by atoms with Gasteiger partial charge in [0.2, 0.25) is 0 Å². The third kappa shape index (κ3) is 5.73. The van der Waals surface area contributed by atoms with E-state index >= 15 is 0 Å². The smallest absolute Gasteiger partial charge is 0.435 e. The van der Waals surface area contributed by atoms with Gasteiger partial charge in [-0.05, 0) is 42.5 Å². The molecular weight excluding hydrogens is 497 g/mol. The number of rotatable bonds is 5. The second-order valence-electron chi connectivity index (χ2n) is 6.49. The highest BCUT2D eigenvalue weighted by Gasteiger charge is 2.35. The van der Waals surface area contributed by atoms with Gasteiger partial charge in [0.25, 0.3) is 11.8 Å². The molecule has 0 saturated carbocycles. The monoisotopic (exact) mass is 507 g/mol. The van der Waals surface area contributed by atoms with E-state index in [0.717, 1.165) is 42.7 Å². The molecular formula is C19H11ClF5N3O4S. The van der Waals surface area contributed by atoms with Gasteiger partial charge in [0.15, 0.2) is 15.5 Å². The first-order chi connectivity index (χ1) is 15.3. The topological polar surface area (TPSA) is 98.2 Å². The number of alkyl halides is 3. The summed E-state index contributed by atoms with van der Waals surface area (Å²) in [6.07, 6.45) is -4.15. The zero-order chi connectivity index (χ0) is 24.6. The standard InChI is InChI=1S/C19H11ClF5N3O4S/c1-33(30,31)10-3-4-13(22)14(7-10)26-17(29)11-8-16(19(23,24)25)27-28-18(11)32-15-5-2-9(21)6-12(15)20/h2-8H,1H3,(H,26,29). The van der Waals surface area contributed by atoms with E-state index in [-0.39, 0.29) is 15.7 Å². The quantitative estimate of drug-likeness (QED) is 0.390. The normalized spacial score (nSPS) is 11.8. The number of amides is 1. The first kappa shape index (κ1) is 24.3. The number of nitrogens with zero attached hydrogens (tertiary/aromatic N) is 2. The van der Waals surface area contributed by atoms with Gasteiger partial charge in [-0.25, -0.2) is 17.2 Å². The summed E-state index contributed by atoms with van der Waals surface area (Å²) in [5, 5.41) is 7.91. The molecule has 1 aromatic heterocycles. The van der Waals surface area contributed by atoms with Crippen LogP contribution >= 0.6 is 11.6 Å². The molecule has 0 bridgehead atoms. The lowest BCUT2D eigenvalue weighted by molar-refractivity contribution is -0.141. The fourth-order valence-electron chi connectivity index (χ4n) is 2.44. The lowest BCUT2D eigenvalue weighted by Gasteiger charge is -2.14. The number of sulfone groups is 1. The molecule has 0 unspecified atom stereocenters. The Morgan fingerprint density at radius 1 is 1.06 bits per heavy atom. The van der Waals surface area contributed by atoms with E-state index in [2.05, 4.69) is 10.2 Å². The first-order valence-electron chi connectivity index (χ1n) is 8.64. The summed E-state index contributed by atoms with van der Waals surface area (Å²) >= 11 is 5.83. The van der Waals surface area contributed by atoms with Crippen LogP contribution in [0.5, 0.6) is 11.6 Å². The summed E-state index contributed by atoms with van der Waals surface area (Å²) in [6.45, 7) is 0. The number of hydrogen-bond acceptors (Lipinski definition) is 6. The molecule has 0 aliphatic carbocycles. The Morgan fingerprint density at radius 3 is 2.36 bits per heavy atom. The van der Waals surface area contributed by atoms with Crippen LogP contribution in [0.15, 0.2) is 47.4 Å². The third-order valence-electron chi connectivity index (χ3n) is 4.01. The number of aromatic nitrogens is 2. The summed E-state index contributed by atoms with van der Waals surface area (Å²) in [7, 11) is -3.78. The van der Waals surface area contributed by atoms with E-state index in [1.807, 2.05) is 5.32 Å². The predicted molar refractivity (Wildman–Crippen MR) is 106 cm³/mol. The van der Waals surface area contributed by atoms with Gasteiger partial charge in [-0.2, -0.15) is 13.2 Å². The molecule has 0 radical (unpaired) electrons. The number of nitrogens with one attached hydrogen (secondary N) is 1. The molecule has 3 aromatic rings. The number of carbonyl (C=O) groups excluding carboxylic acids is 1. The van der Waals surface area contributed by atoms with Gasteiger partial charge in [0.05, 0.1) is 15.6 Å². The maximum atomic E-state index is 14.1. The number of carbonyl (C=O) groups is 1. The Balaban J connectivity index is 2.05. The fraction of sp³-hybridized carbons (Fsp3) is 0.105. The number of benzene rings is 2. The van der Waals surface area contributed by atoms with E-state index in [1.165, 1.54) is 0 Å². The molecule has 3 rings (SSSR count). The van der Waals surface area contributed by atoms with Crippen LogP contribution in [0.4, 0.5) is 27.6 Å². The highest BCUT2D eigenvalue weighted by atomic mass is 35.5. The van der Waals surface area contributed by atoms with Gasteiger partial charge in [-0.3, -0.25) is 4.79 Å². The molecule has 1 amide bonds. The van der Waals surface area contributed by atoms with E-state index in [9.17, 15) is 35.2 Å². The van der Waals surface area contributed by atoms with Crippen LogP contribution in [0.3, 0.4) is 0 Å². The Morgan fingerprint density at radius 2 is 1.76 bits per heavy atom. The highest BCUT2D eigenvalue weighted by molar-refractivity contribution is 7.90. The second kappa shape index (κ2) is 8.90. The van der Waals surface area contributed by atoms with Gasteiger partial charge in [-0.15, -0.1) is 10.2 Å². The van der Waals surface area contributed by atoms with Crippen molar-refractivity contribution < 1.29 is 39.9 Å². The maximum absolute atomic E-state index is 14.1. The number of hydrogen-bond donors (Lipinski definition) is 1. The van der Waals surface area contributed by atoms with Crippen molar-refractivity contribution in [3.8, 4) is 11.6 Å². The van der Waals surface area contributed by atoms with Gasteiger partial charge in [-0.1, -0.05) is 11.6 Å². The minimum Gasteiger partial charge on any atom is -0.435 e. The SMILES string of the molecule is CS(=O)(=O)c1ccc(F)c(NC(=O)c2cc(C(F)(F)F)nnc2Oc2ccc(F)cc2Cl)c1. The zero-order valence-corrected chi connectivity index (χ0v) is 17.8. The molecule has 33 heavy (non-hydrogen) atoms. The molecule has 1 N–H and O–H groups in total. The van der Waals surface area contributed by atoms with Gasteiger partial charge in [0.1, 0.15) is 22.9 Å². The molecule has 0 aliphatic heterocycles. The van der Waals surface area contributed by atoms with Crippen LogP contribution in [0.2, 0.25) is 5.02 Å². The van der Waals surface area contributed by atoms with Crippen molar-refractivity contribution in [1.82, 2.24) is 10.2 Å². The van der Waals surface area contributed by atoms with Gasteiger partial charge >= 0.3 is 6.18 Å². The highest BCUT2D eigenvalue weighted by Crippen LogP contribution is 2.34. The molecule has 0 aliphatic rings. The van der Waals surface area contributed by atoms with Gasteiger partial charge in [0, 0.05) is 6.26 Å². The Bertz CT molecular complexity index is 1350. The summed E-state index contributed by atoms with van der Waals surface area (Å²) in [6, 6.07) is 5.61. The molecule has 0 spiro atoms. The first-order valence-corrected chi connectivity index (χ1v) is 10.9. The Kier molecular flexibility index (Phi) is 6.56. The van der Waals surface area contributed by atoms with Crippen molar-refractivity contribution in [2.24, 2.45) is 0 Å².